The second-order valence-corrected chi connectivity index (χ2v) is 6.28. The number of rotatable bonds is 7. The Kier molecular flexibility index (Phi) is 6.98. The quantitative estimate of drug-likeness (QED) is 0.751. The van der Waals surface area contributed by atoms with Crippen molar-refractivity contribution >= 4 is 35.2 Å². The van der Waals surface area contributed by atoms with Gasteiger partial charge in [0.25, 0.3) is 5.91 Å². The minimum atomic E-state index is -1.04. The van der Waals surface area contributed by atoms with E-state index in [2.05, 4.69) is 10.3 Å². The van der Waals surface area contributed by atoms with Crippen molar-refractivity contribution < 1.29 is 14.7 Å². The summed E-state index contributed by atoms with van der Waals surface area (Å²) >= 11 is 7.44. The summed E-state index contributed by atoms with van der Waals surface area (Å²) in [4.78, 5) is 27.5. The number of pyridine rings is 1. The number of nitrogens with zero attached hydrogens (tertiary/aromatic N) is 1. The molecule has 7 heteroatoms. The maximum absolute atomic E-state index is 12.2. The molecule has 0 bridgehead atoms. The molecule has 0 radical (unpaired) electrons. The summed E-state index contributed by atoms with van der Waals surface area (Å²) in [7, 11) is 0. The molecule has 1 heterocycles. The molecule has 0 aromatic carbocycles. The van der Waals surface area contributed by atoms with Crippen molar-refractivity contribution in [3.8, 4) is 0 Å². The van der Waals surface area contributed by atoms with E-state index in [0.29, 0.717) is 23.4 Å². The molecule has 1 aromatic heterocycles. The van der Waals surface area contributed by atoms with Crippen LogP contribution in [0.25, 0.3) is 0 Å². The van der Waals surface area contributed by atoms with Crippen LogP contribution in [0.4, 0.5) is 0 Å². The highest BCUT2D eigenvalue weighted by molar-refractivity contribution is 7.98. The highest BCUT2D eigenvalue weighted by Crippen LogP contribution is 2.18. The van der Waals surface area contributed by atoms with E-state index in [1.54, 1.807) is 6.07 Å². The van der Waals surface area contributed by atoms with Crippen molar-refractivity contribution in [2.45, 2.75) is 32.2 Å². The van der Waals surface area contributed by atoms with E-state index in [1.165, 1.54) is 17.8 Å². The van der Waals surface area contributed by atoms with Gasteiger partial charge in [0.15, 0.2) is 0 Å². The summed E-state index contributed by atoms with van der Waals surface area (Å²) in [5.41, 5.74) is 1.03. The second kappa shape index (κ2) is 8.24. The van der Waals surface area contributed by atoms with E-state index in [0.717, 1.165) is 0 Å². The molecule has 0 aliphatic rings. The lowest BCUT2D eigenvalue weighted by Crippen LogP contribution is -2.41. The van der Waals surface area contributed by atoms with Crippen LogP contribution in [0.5, 0.6) is 0 Å². The first-order valence-electron chi connectivity index (χ1n) is 6.55. The van der Waals surface area contributed by atoms with Crippen LogP contribution in [-0.4, -0.2) is 40.0 Å². The average Bonchev–Trinajstić information content (AvgIpc) is 2.42. The SMILES string of the molecule is CSCC[C@H](NC(=O)c1cc(Cl)nc(C(C)C)c1)C(=O)O. The predicted molar refractivity (Wildman–Crippen MR) is 85.2 cm³/mol. The normalized spacial score (nSPS) is 12.2. The minimum absolute atomic E-state index is 0.127. The van der Waals surface area contributed by atoms with Crippen LogP contribution in [-0.2, 0) is 4.79 Å². The largest absolute Gasteiger partial charge is 0.480 e. The molecule has 0 saturated heterocycles. The van der Waals surface area contributed by atoms with Crippen molar-refractivity contribution in [1.29, 1.82) is 0 Å². The third-order valence-corrected chi connectivity index (χ3v) is 3.72. The number of hydrogen-bond acceptors (Lipinski definition) is 4. The van der Waals surface area contributed by atoms with Gasteiger partial charge in [0, 0.05) is 11.3 Å². The number of carboxylic acids is 1. The number of carboxylic acid groups (broad SMARTS) is 1. The van der Waals surface area contributed by atoms with Gasteiger partial charge in [-0.2, -0.15) is 11.8 Å². The smallest absolute Gasteiger partial charge is 0.326 e. The molecular formula is C14H19ClN2O3S. The Morgan fingerprint density at radius 2 is 2.10 bits per heavy atom. The van der Waals surface area contributed by atoms with Crippen LogP contribution in [0.2, 0.25) is 5.15 Å². The summed E-state index contributed by atoms with van der Waals surface area (Å²) in [6.07, 6.45) is 2.26. The molecule has 0 saturated carbocycles. The highest BCUT2D eigenvalue weighted by Gasteiger charge is 2.21. The lowest BCUT2D eigenvalue weighted by atomic mass is 10.1. The molecule has 0 aliphatic heterocycles. The zero-order valence-corrected chi connectivity index (χ0v) is 13.8. The number of aliphatic carboxylic acids is 1. The molecule has 2 N–H and O–H groups in total. The fourth-order valence-electron chi connectivity index (χ4n) is 1.68. The summed E-state index contributed by atoms with van der Waals surface area (Å²) in [5.74, 6) is -0.704. The van der Waals surface area contributed by atoms with Crippen LogP contribution in [0.3, 0.4) is 0 Å². The Morgan fingerprint density at radius 1 is 1.43 bits per heavy atom. The van der Waals surface area contributed by atoms with Crippen molar-refractivity contribution in [2.75, 3.05) is 12.0 Å². The number of hydrogen-bond donors (Lipinski definition) is 2. The zero-order chi connectivity index (χ0) is 16.0. The first-order valence-corrected chi connectivity index (χ1v) is 8.32. The monoisotopic (exact) mass is 330 g/mol. The van der Waals surface area contributed by atoms with Gasteiger partial charge in [-0.05, 0) is 36.5 Å². The van der Waals surface area contributed by atoms with E-state index in [4.69, 9.17) is 16.7 Å². The fourth-order valence-corrected chi connectivity index (χ4v) is 2.37. The van der Waals surface area contributed by atoms with Gasteiger partial charge < -0.3 is 10.4 Å². The fraction of sp³-hybridized carbons (Fsp3) is 0.500. The molecular weight excluding hydrogens is 312 g/mol. The highest BCUT2D eigenvalue weighted by atomic mass is 35.5. The molecule has 0 aliphatic carbocycles. The van der Waals surface area contributed by atoms with E-state index in [1.807, 2.05) is 20.1 Å². The maximum atomic E-state index is 12.2. The topological polar surface area (TPSA) is 79.3 Å². The molecule has 1 rings (SSSR count). The molecule has 1 amide bonds. The van der Waals surface area contributed by atoms with Crippen LogP contribution < -0.4 is 5.32 Å². The van der Waals surface area contributed by atoms with Gasteiger partial charge in [0.05, 0.1) is 0 Å². The van der Waals surface area contributed by atoms with Gasteiger partial charge in [-0.15, -0.1) is 0 Å². The lowest BCUT2D eigenvalue weighted by Gasteiger charge is -2.15. The summed E-state index contributed by atoms with van der Waals surface area (Å²) in [6, 6.07) is 2.18. The van der Waals surface area contributed by atoms with Crippen LogP contribution in [0, 0.1) is 0 Å². The first kappa shape index (κ1) is 17.8. The molecule has 21 heavy (non-hydrogen) atoms. The number of carbonyl (C=O) groups excluding carboxylic acids is 1. The van der Waals surface area contributed by atoms with Crippen molar-refractivity contribution in [3.05, 3.63) is 28.5 Å². The van der Waals surface area contributed by atoms with Gasteiger partial charge in [-0.3, -0.25) is 4.79 Å². The van der Waals surface area contributed by atoms with Gasteiger partial charge in [0.2, 0.25) is 0 Å². The molecule has 1 atom stereocenters. The van der Waals surface area contributed by atoms with E-state index >= 15 is 0 Å². The average molecular weight is 331 g/mol. The van der Waals surface area contributed by atoms with E-state index < -0.39 is 17.9 Å². The minimum Gasteiger partial charge on any atom is -0.480 e. The maximum Gasteiger partial charge on any atom is 0.326 e. The Balaban J connectivity index is 2.89. The number of thioether (sulfide) groups is 1. The van der Waals surface area contributed by atoms with E-state index in [9.17, 15) is 9.59 Å². The standard InChI is InChI=1S/C14H19ClN2O3S/c1-8(2)11-6-9(7-12(15)16-11)13(18)17-10(14(19)20)4-5-21-3/h6-8,10H,4-5H2,1-3H3,(H,17,18)(H,19,20)/t10-/m0/s1. The van der Waals surface area contributed by atoms with Gasteiger partial charge in [0.1, 0.15) is 11.2 Å². The molecule has 0 spiro atoms. The molecule has 116 valence electrons. The molecule has 0 unspecified atom stereocenters. The Labute approximate surface area is 133 Å². The zero-order valence-electron chi connectivity index (χ0n) is 12.2. The van der Waals surface area contributed by atoms with Gasteiger partial charge in [-0.25, -0.2) is 9.78 Å². The number of carbonyl (C=O) groups is 2. The summed E-state index contributed by atoms with van der Waals surface area (Å²) in [5, 5.41) is 11.9. The Morgan fingerprint density at radius 3 is 2.62 bits per heavy atom. The molecule has 1 aromatic rings. The summed E-state index contributed by atoms with van der Waals surface area (Å²) in [6.45, 7) is 3.89. The first-order chi connectivity index (χ1) is 9.85. The predicted octanol–water partition coefficient (Wildman–Crippen LogP) is 2.79. The lowest BCUT2D eigenvalue weighted by molar-refractivity contribution is -0.139. The van der Waals surface area contributed by atoms with Gasteiger partial charge >= 0.3 is 5.97 Å². The Bertz CT molecular complexity index is 523. The van der Waals surface area contributed by atoms with Crippen LogP contribution >= 0.6 is 23.4 Å². The van der Waals surface area contributed by atoms with Crippen molar-refractivity contribution in [2.24, 2.45) is 0 Å². The number of halogens is 1. The number of aromatic nitrogens is 1. The molecule has 0 fully saturated rings. The van der Waals surface area contributed by atoms with Crippen molar-refractivity contribution in [1.82, 2.24) is 10.3 Å². The summed E-state index contributed by atoms with van der Waals surface area (Å²) < 4.78 is 0. The third-order valence-electron chi connectivity index (χ3n) is 2.88. The van der Waals surface area contributed by atoms with Crippen LogP contribution in [0.1, 0.15) is 42.2 Å². The second-order valence-electron chi connectivity index (χ2n) is 4.90. The van der Waals surface area contributed by atoms with Crippen LogP contribution in [0.15, 0.2) is 12.1 Å². The number of nitrogens with one attached hydrogen (secondary N) is 1. The van der Waals surface area contributed by atoms with Gasteiger partial charge in [-0.1, -0.05) is 25.4 Å². The Hall–Kier alpha value is -1.27. The van der Waals surface area contributed by atoms with E-state index in [-0.39, 0.29) is 11.1 Å². The third kappa shape index (κ3) is 5.55. The molecule has 5 nitrogen and oxygen atoms in total. The number of amides is 1. The van der Waals surface area contributed by atoms with Crippen molar-refractivity contribution in [3.63, 3.8) is 0 Å².